The summed E-state index contributed by atoms with van der Waals surface area (Å²) in [7, 11) is 0. The van der Waals surface area contributed by atoms with Crippen molar-refractivity contribution in [3.05, 3.63) is 0 Å². The molecule has 0 radical (unpaired) electrons. The topological polar surface area (TPSA) is 15.3 Å². The number of thioether (sulfide) groups is 1. The molecule has 1 N–H and O–H groups in total. The quantitative estimate of drug-likeness (QED) is 0.813. The van der Waals surface area contributed by atoms with Gasteiger partial charge < -0.3 is 5.32 Å². The zero-order valence-electron chi connectivity index (χ0n) is 11.6. The third-order valence-corrected chi connectivity index (χ3v) is 5.21. The van der Waals surface area contributed by atoms with Crippen LogP contribution in [0.25, 0.3) is 0 Å². The predicted molar refractivity (Wildman–Crippen MR) is 77.7 cm³/mol. The Morgan fingerprint density at radius 1 is 1.35 bits per heavy atom. The minimum Gasteiger partial charge on any atom is -0.316 e. The normalized spacial score (nSPS) is 34.9. The second-order valence-electron chi connectivity index (χ2n) is 6.13. The molecule has 17 heavy (non-hydrogen) atoms. The van der Waals surface area contributed by atoms with Crippen molar-refractivity contribution >= 4 is 11.8 Å². The summed E-state index contributed by atoms with van der Waals surface area (Å²) in [5.41, 5.74) is 0. The molecule has 1 heterocycles. The third kappa shape index (κ3) is 3.87. The zero-order valence-corrected chi connectivity index (χ0v) is 12.4. The van der Waals surface area contributed by atoms with Crippen LogP contribution in [0.2, 0.25) is 0 Å². The molecule has 0 aromatic carbocycles. The van der Waals surface area contributed by atoms with Gasteiger partial charge in [-0.15, -0.1) is 0 Å². The average molecular weight is 256 g/mol. The lowest BCUT2D eigenvalue weighted by Crippen LogP contribution is -2.54. The molecule has 1 aliphatic heterocycles. The maximum atomic E-state index is 3.64. The lowest BCUT2D eigenvalue weighted by Gasteiger charge is -2.47. The fourth-order valence-electron chi connectivity index (χ4n) is 2.97. The first-order valence-electron chi connectivity index (χ1n) is 7.23. The van der Waals surface area contributed by atoms with Gasteiger partial charge in [0.05, 0.1) is 0 Å². The minimum absolute atomic E-state index is 0.778. The van der Waals surface area contributed by atoms with E-state index in [9.17, 15) is 0 Å². The van der Waals surface area contributed by atoms with Crippen molar-refractivity contribution in [3.63, 3.8) is 0 Å². The number of hydrogen-bond donors (Lipinski definition) is 1. The first kappa shape index (κ1) is 13.7. The standard InChI is InChI=1S/C14H28N2S/c1-11(2)8-15-9-13-4-5-14(13)16-6-7-17-12(3)10-16/h11-15H,4-10H2,1-3H3. The highest BCUT2D eigenvalue weighted by molar-refractivity contribution is 7.99. The van der Waals surface area contributed by atoms with Crippen LogP contribution in [0.15, 0.2) is 0 Å². The number of nitrogens with zero attached hydrogens (tertiary/aromatic N) is 1. The van der Waals surface area contributed by atoms with E-state index in [1.807, 2.05) is 0 Å². The highest BCUT2D eigenvalue weighted by Gasteiger charge is 2.36. The maximum Gasteiger partial charge on any atom is 0.0147 e. The van der Waals surface area contributed by atoms with E-state index in [0.29, 0.717) is 0 Å². The molecule has 3 atom stereocenters. The Labute approximate surface area is 111 Å². The van der Waals surface area contributed by atoms with E-state index in [-0.39, 0.29) is 0 Å². The molecular weight excluding hydrogens is 228 g/mol. The Hall–Kier alpha value is 0.270. The maximum absolute atomic E-state index is 3.64. The molecule has 0 aromatic rings. The molecule has 1 saturated carbocycles. The van der Waals surface area contributed by atoms with Crippen LogP contribution < -0.4 is 5.32 Å². The van der Waals surface area contributed by atoms with Crippen molar-refractivity contribution in [2.75, 3.05) is 31.9 Å². The van der Waals surface area contributed by atoms with Gasteiger partial charge in [-0.2, -0.15) is 11.8 Å². The highest BCUT2D eigenvalue weighted by Crippen LogP contribution is 2.34. The molecule has 3 heteroatoms. The Bertz CT molecular complexity index is 232. The predicted octanol–water partition coefficient (Wildman–Crippen LogP) is 2.45. The van der Waals surface area contributed by atoms with Crippen LogP contribution in [-0.4, -0.2) is 48.1 Å². The van der Waals surface area contributed by atoms with Crippen molar-refractivity contribution in [2.45, 2.75) is 44.9 Å². The molecule has 3 unspecified atom stereocenters. The Balaban J connectivity index is 1.70. The summed E-state index contributed by atoms with van der Waals surface area (Å²) >= 11 is 2.14. The van der Waals surface area contributed by atoms with E-state index < -0.39 is 0 Å². The molecule has 1 aliphatic carbocycles. The van der Waals surface area contributed by atoms with Crippen LogP contribution in [0.4, 0.5) is 0 Å². The van der Waals surface area contributed by atoms with Gasteiger partial charge in [0.15, 0.2) is 0 Å². The van der Waals surface area contributed by atoms with E-state index in [2.05, 4.69) is 42.7 Å². The average Bonchev–Trinajstić information content (AvgIpc) is 2.22. The molecule has 0 aromatic heterocycles. The second-order valence-corrected chi connectivity index (χ2v) is 7.68. The van der Waals surface area contributed by atoms with Gasteiger partial charge in [-0.25, -0.2) is 0 Å². The summed E-state index contributed by atoms with van der Waals surface area (Å²) < 4.78 is 0. The number of hydrogen-bond acceptors (Lipinski definition) is 3. The smallest absolute Gasteiger partial charge is 0.0147 e. The summed E-state index contributed by atoms with van der Waals surface area (Å²) in [6.07, 6.45) is 2.87. The molecule has 100 valence electrons. The minimum atomic E-state index is 0.778. The summed E-state index contributed by atoms with van der Waals surface area (Å²) in [6, 6.07) is 0.887. The Morgan fingerprint density at radius 2 is 2.18 bits per heavy atom. The van der Waals surface area contributed by atoms with Crippen LogP contribution in [0.3, 0.4) is 0 Å². The molecule has 0 bridgehead atoms. The Morgan fingerprint density at radius 3 is 2.76 bits per heavy atom. The summed E-state index contributed by atoms with van der Waals surface area (Å²) in [5, 5.41) is 4.48. The van der Waals surface area contributed by atoms with Gasteiger partial charge in [0, 0.05) is 30.1 Å². The van der Waals surface area contributed by atoms with Gasteiger partial charge in [-0.1, -0.05) is 20.8 Å². The van der Waals surface area contributed by atoms with Crippen LogP contribution in [0.5, 0.6) is 0 Å². The first-order valence-corrected chi connectivity index (χ1v) is 8.28. The molecule has 0 amide bonds. The molecule has 2 fully saturated rings. The van der Waals surface area contributed by atoms with E-state index >= 15 is 0 Å². The second kappa shape index (κ2) is 6.44. The monoisotopic (exact) mass is 256 g/mol. The van der Waals surface area contributed by atoms with E-state index in [1.54, 1.807) is 0 Å². The molecule has 2 nitrogen and oxygen atoms in total. The molecule has 2 rings (SSSR count). The lowest BCUT2D eigenvalue weighted by atomic mass is 9.78. The van der Waals surface area contributed by atoms with Gasteiger partial charge in [0.1, 0.15) is 0 Å². The molecule has 0 spiro atoms. The van der Waals surface area contributed by atoms with Crippen molar-refractivity contribution in [3.8, 4) is 0 Å². The van der Waals surface area contributed by atoms with Gasteiger partial charge in [-0.05, 0) is 37.8 Å². The number of nitrogens with one attached hydrogen (secondary N) is 1. The first-order chi connectivity index (χ1) is 8.16. The van der Waals surface area contributed by atoms with Crippen LogP contribution in [0, 0.1) is 11.8 Å². The van der Waals surface area contributed by atoms with Crippen molar-refractivity contribution in [1.82, 2.24) is 10.2 Å². The van der Waals surface area contributed by atoms with E-state index in [4.69, 9.17) is 0 Å². The van der Waals surface area contributed by atoms with Crippen LogP contribution >= 0.6 is 11.8 Å². The van der Waals surface area contributed by atoms with Crippen molar-refractivity contribution in [2.24, 2.45) is 11.8 Å². The van der Waals surface area contributed by atoms with Crippen molar-refractivity contribution in [1.29, 1.82) is 0 Å². The SMILES string of the molecule is CC(C)CNCC1CCC1N1CCSC(C)C1. The molecule has 1 saturated heterocycles. The molecule has 2 aliphatic rings. The Kier molecular flexibility index (Phi) is 5.19. The highest BCUT2D eigenvalue weighted by atomic mass is 32.2. The van der Waals surface area contributed by atoms with E-state index in [1.165, 1.54) is 44.8 Å². The fraction of sp³-hybridized carbons (Fsp3) is 1.00. The van der Waals surface area contributed by atoms with Crippen molar-refractivity contribution < 1.29 is 0 Å². The van der Waals surface area contributed by atoms with Gasteiger partial charge in [-0.3, -0.25) is 4.90 Å². The fourth-order valence-corrected chi connectivity index (χ4v) is 4.01. The molecular formula is C14H28N2S. The summed E-state index contributed by atoms with van der Waals surface area (Å²) in [6.45, 7) is 12.0. The van der Waals surface area contributed by atoms with Crippen LogP contribution in [0.1, 0.15) is 33.6 Å². The van der Waals surface area contributed by atoms with Crippen LogP contribution in [-0.2, 0) is 0 Å². The summed E-state index contributed by atoms with van der Waals surface area (Å²) in [4.78, 5) is 2.76. The number of rotatable bonds is 5. The lowest BCUT2D eigenvalue weighted by molar-refractivity contribution is 0.0651. The summed E-state index contributed by atoms with van der Waals surface area (Å²) in [5.74, 6) is 3.04. The largest absolute Gasteiger partial charge is 0.316 e. The zero-order chi connectivity index (χ0) is 12.3. The van der Waals surface area contributed by atoms with Gasteiger partial charge in [0.2, 0.25) is 0 Å². The third-order valence-electron chi connectivity index (χ3n) is 4.08. The van der Waals surface area contributed by atoms with Gasteiger partial charge >= 0.3 is 0 Å². The van der Waals surface area contributed by atoms with Gasteiger partial charge in [0.25, 0.3) is 0 Å². The van der Waals surface area contributed by atoms with E-state index in [0.717, 1.165) is 23.1 Å².